The summed E-state index contributed by atoms with van der Waals surface area (Å²) in [5.41, 5.74) is 0.867. The molecular weight excluding hydrogens is 504 g/mol. The van der Waals surface area contributed by atoms with Gasteiger partial charge in [-0.15, -0.1) is 0 Å². The SMILES string of the molecule is C[C@]1(N2CCC(c3cc4cc(NC(=O)c5cnn(C6CC6)c5Cl)ncc4cc3Cl)CC2)COC[C@H]1F. The van der Waals surface area contributed by atoms with Crippen molar-refractivity contribution in [3.05, 3.63) is 51.9 Å². The topological polar surface area (TPSA) is 72.3 Å². The van der Waals surface area contributed by atoms with E-state index in [4.69, 9.17) is 27.9 Å². The van der Waals surface area contributed by atoms with Gasteiger partial charge < -0.3 is 10.1 Å². The van der Waals surface area contributed by atoms with Crippen LogP contribution in [0.3, 0.4) is 0 Å². The third-order valence-corrected chi connectivity index (χ3v) is 8.65. The zero-order chi connectivity index (χ0) is 25.0. The summed E-state index contributed by atoms with van der Waals surface area (Å²) in [7, 11) is 0. The number of rotatable bonds is 5. The molecule has 0 spiro atoms. The van der Waals surface area contributed by atoms with Crippen LogP contribution in [0.1, 0.15) is 60.5 Å². The van der Waals surface area contributed by atoms with Crippen LogP contribution in [0.5, 0.6) is 0 Å². The van der Waals surface area contributed by atoms with E-state index in [0.717, 1.165) is 55.1 Å². The molecule has 6 rings (SSSR count). The summed E-state index contributed by atoms with van der Waals surface area (Å²) in [5.74, 6) is 0.380. The largest absolute Gasteiger partial charge is 0.376 e. The predicted molar refractivity (Wildman–Crippen MR) is 138 cm³/mol. The molecule has 0 unspecified atom stereocenters. The van der Waals surface area contributed by atoms with Crippen molar-refractivity contribution in [1.82, 2.24) is 19.7 Å². The molecule has 0 radical (unpaired) electrons. The van der Waals surface area contributed by atoms with E-state index in [1.807, 2.05) is 19.1 Å². The molecule has 1 aliphatic carbocycles. The second-order valence-electron chi connectivity index (χ2n) is 10.4. The van der Waals surface area contributed by atoms with Gasteiger partial charge in [-0.2, -0.15) is 5.10 Å². The maximum absolute atomic E-state index is 14.5. The minimum atomic E-state index is -0.961. The number of nitrogens with zero attached hydrogens (tertiary/aromatic N) is 4. The smallest absolute Gasteiger partial charge is 0.261 e. The van der Waals surface area contributed by atoms with Gasteiger partial charge in [0.2, 0.25) is 0 Å². The van der Waals surface area contributed by atoms with Crippen molar-refractivity contribution in [2.24, 2.45) is 0 Å². The van der Waals surface area contributed by atoms with Crippen molar-refractivity contribution in [1.29, 1.82) is 0 Å². The molecule has 3 fully saturated rings. The van der Waals surface area contributed by atoms with Crippen LogP contribution in [0, 0.1) is 0 Å². The number of carbonyl (C=O) groups excluding carboxylic acids is 1. The lowest BCUT2D eigenvalue weighted by Gasteiger charge is -2.43. The molecule has 2 aromatic heterocycles. The standard InChI is InChI=1S/C26H28Cl2FN5O2/c1-26(14-36-13-22(26)29)33-6-4-15(5-7-33)19-8-16-10-23(30-11-17(16)9-21(19)27)32-25(35)20-12-31-34(24(20)28)18-2-3-18/h8-12,15,18,22H,2-7,13-14H2,1H3,(H,30,32,35)/t22-,26+/m1/s1. The molecule has 3 aliphatic rings. The molecule has 10 heteroatoms. The molecule has 1 N–H and O–H groups in total. The van der Waals surface area contributed by atoms with Crippen LogP contribution >= 0.6 is 23.2 Å². The number of alkyl halides is 1. The second-order valence-corrected chi connectivity index (χ2v) is 11.1. The Bertz CT molecular complexity index is 1320. The van der Waals surface area contributed by atoms with Crippen LogP contribution < -0.4 is 5.32 Å². The zero-order valence-corrected chi connectivity index (χ0v) is 21.5. The van der Waals surface area contributed by atoms with Crippen LogP contribution in [-0.2, 0) is 4.74 Å². The Morgan fingerprint density at radius 3 is 2.61 bits per heavy atom. The number of hydrogen-bond acceptors (Lipinski definition) is 5. The Morgan fingerprint density at radius 1 is 1.14 bits per heavy atom. The first kappa shape index (κ1) is 24.1. The highest BCUT2D eigenvalue weighted by atomic mass is 35.5. The van der Waals surface area contributed by atoms with Gasteiger partial charge in [-0.3, -0.25) is 14.4 Å². The molecule has 1 aromatic carbocycles. The Balaban J connectivity index is 1.19. The fourth-order valence-electron chi connectivity index (χ4n) is 5.45. The highest BCUT2D eigenvalue weighted by Crippen LogP contribution is 2.40. The molecule has 1 amide bonds. The quantitative estimate of drug-likeness (QED) is 0.461. The van der Waals surface area contributed by atoms with Gasteiger partial charge in [0.05, 0.1) is 36.6 Å². The van der Waals surface area contributed by atoms with Gasteiger partial charge in [0.25, 0.3) is 5.91 Å². The molecule has 0 bridgehead atoms. The first-order valence-corrected chi connectivity index (χ1v) is 13.2. The number of carbonyl (C=O) groups is 1. The van der Waals surface area contributed by atoms with Gasteiger partial charge in [0.1, 0.15) is 17.1 Å². The van der Waals surface area contributed by atoms with E-state index in [-0.39, 0.29) is 18.4 Å². The van der Waals surface area contributed by atoms with Crippen molar-refractivity contribution in [3.8, 4) is 0 Å². The monoisotopic (exact) mass is 531 g/mol. The minimum Gasteiger partial charge on any atom is -0.376 e. The van der Waals surface area contributed by atoms with Crippen LogP contribution in [0.4, 0.5) is 10.2 Å². The van der Waals surface area contributed by atoms with Gasteiger partial charge in [0, 0.05) is 16.6 Å². The van der Waals surface area contributed by atoms with Crippen molar-refractivity contribution in [2.75, 3.05) is 31.6 Å². The first-order valence-electron chi connectivity index (χ1n) is 12.4. The summed E-state index contributed by atoms with van der Waals surface area (Å²) in [5, 5.41) is 10.0. The lowest BCUT2D eigenvalue weighted by molar-refractivity contribution is 0.0298. The highest BCUT2D eigenvalue weighted by Gasteiger charge is 2.46. The Morgan fingerprint density at radius 2 is 1.92 bits per heavy atom. The van der Waals surface area contributed by atoms with E-state index in [2.05, 4.69) is 26.4 Å². The highest BCUT2D eigenvalue weighted by molar-refractivity contribution is 6.33. The number of piperidine rings is 1. The molecular formula is C26H28Cl2FN5O2. The van der Waals surface area contributed by atoms with E-state index >= 15 is 0 Å². The van der Waals surface area contributed by atoms with Gasteiger partial charge in [-0.25, -0.2) is 9.37 Å². The van der Waals surface area contributed by atoms with E-state index in [9.17, 15) is 9.18 Å². The lowest BCUT2D eigenvalue weighted by Crippen LogP contribution is -2.55. The molecule has 190 valence electrons. The van der Waals surface area contributed by atoms with Crippen LogP contribution in [0.2, 0.25) is 10.2 Å². The number of amides is 1. The summed E-state index contributed by atoms with van der Waals surface area (Å²) in [6.45, 7) is 4.16. The molecule has 36 heavy (non-hydrogen) atoms. The van der Waals surface area contributed by atoms with Crippen molar-refractivity contribution in [2.45, 2.75) is 56.3 Å². The number of ether oxygens (including phenoxy) is 1. The summed E-state index contributed by atoms with van der Waals surface area (Å²) >= 11 is 13.1. The van der Waals surface area contributed by atoms with E-state index < -0.39 is 11.7 Å². The number of likely N-dealkylation sites (tertiary alicyclic amines) is 1. The predicted octanol–water partition coefficient (Wildman–Crippen LogP) is 5.63. The number of nitrogens with one attached hydrogen (secondary N) is 1. The van der Waals surface area contributed by atoms with Gasteiger partial charge >= 0.3 is 0 Å². The lowest BCUT2D eigenvalue weighted by atomic mass is 9.85. The normalized spacial score (nSPS) is 25.5. The molecule has 2 saturated heterocycles. The number of aromatic nitrogens is 3. The molecule has 4 heterocycles. The van der Waals surface area contributed by atoms with E-state index in [0.29, 0.717) is 34.2 Å². The number of anilines is 1. The van der Waals surface area contributed by atoms with Crippen LogP contribution in [0.15, 0.2) is 30.6 Å². The number of halogens is 3. The summed E-state index contributed by atoms with van der Waals surface area (Å²) in [4.78, 5) is 19.5. The fourth-order valence-corrected chi connectivity index (χ4v) is 6.09. The Hall–Kier alpha value is -2.26. The van der Waals surface area contributed by atoms with Gasteiger partial charge in [-0.1, -0.05) is 23.2 Å². The maximum atomic E-state index is 14.5. The van der Waals surface area contributed by atoms with Gasteiger partial charge in [-0.05, 0) is 80.8 Å². The van der Waals surface area contributed by atoms with E-state index in [1.165, 1.54) is 6.20 Å². The van der Waals surface area contributed by atoms with Crippen LogP contribution in [0.25, 0.3) is 10.8 Å². The Kier molecular flexibility index (Phi) is 6.19. The maximum Gasteiger partial charge on any atom is 0.261 e. The molecule has 1 saturated carbocycles. The zero-order valence-electron chi connectivity index (χ0n) is 20.0. The summed E-state index contributed by atoms with van der Waals surface area (Å²) in [6.07, 6.45) is 6.10. The first-order chi connectivity index (χ1) is 17.3. The number of hydrogen-bond donors (Lipinski definition) is 1. The second kappa shape index (κ2) is 9.24. The Labute approximate surface area is 218 Å². The van der Waals surface area contributed by atoms with Crippen molar-refractivity contribution < 1.29 is 13.9 Å². The number of pyridine rings is 1. The average Bonchev–Trinajstić information content (AvgIpc) is 3.55. The summed E-state index contributed by atoms with van der Waals surface area (Å²) < 4.78 is 21.6. The van der Waals surface area contributed by atoms with Gasteiger partial charge in [0.15, 0.2) is 0 Å². The van der Waals surface area contributed by atoms with Crippen LogP contribution in [-0.4, -0.2) is 63.6 Å². The number of benzene rings is 1. The van der Waals surface area contributed by atoms with Crippen molar-refractivity contribution >= 4 is 45.7 Å². The average molecular weight is 532 g/mol. The fraction of sp³-hybridized carbons (Fsp3) is 0.500. The minimum absolute atomic E-state index is 0.175. The number of fused-ring (bicyclic) bond motifs is 1. The molecule has 2 aliphatic heterocycles. The molecule has 3 aromatic rings. The molecule has 2 atom stereocenters. The van der Waals surface area contributed by atoms with Crippen molar-refractivity contribution in [3.63, 3.8) is 0 Å². The third-order valence-electron chi connectivity index (χ3n) is 7.94. The van der Waals surface area contributed by atoms with E-state index in [1.54, 1.807) is 10.9 Å². The summed E-state index contributed by atoms with van der Waals surface area (Å²) in [6, 6.07) is 6.16. The molecule has 7 nitrogen and oxygen atoms in total. The third kappa shape index (κ3) is 4.28.